The molecule has 0 aliphatic carbocycles. The summed E-state index contributed by atoms with van der Waals surface area (Å²) in [5, 5.41) is 6.17. The van der Waals surface area contributed by atoms with Crippen molar-refractivity contribution in [1.82, 2.24) is 15.1 Å². The maximum Gasteiger partial charge on any atom is 0.247 e. The van der Waals surface area contributed by atoms with Gasteiger partial charge in [-0.25, -0.2) is 0 Å². The van der Waals surface area contributed by atoms with Gasteiger partial charge in [0.05, 0.1) is 5.54 Å². The van der Waals surface area contributed by atoms with Crippen molar-refractivity contribution in [1.29, 1.82) is 0 Å². The van der Waals surface area contributed by atoms with Crippen LogP contribution in [0.25, 0.3) is 22.3 Å². The van der Waals surface area contributed by atoms with Crippen molar-refractivity contribution in [2.45, 2.75) is 32.2 Å². The van der Waals surface area contributed by atoms with Crippen LogP contribution < -0.4 is 5.73 Å². The van der Waals surface area contributed by atoms with Crippen molar-refractivity contribution in [2.75, 3.05) is 0 Å². The molecule has 0 saturated heterocycles. The van der Waals surface area contributed by atoms with Gasteiger partial charge in [0.15, 0.2) is 0 Å². The van der Waals surface area contributed by atoms with Crippen molar-refractivity contribution in [3.05, 3.63) is 42.4 Å². The van der Waals surface area contributed by atoms with Gasteiger partial charge in [0, 0.05) is 11.6 Å². The third kappa shape index (κ3) is 2.29. The lowest BCUT2D eigenvalue weighted by Crippen LogP contribution is -2.35. The second-order valence-corrected chi connectivity index (χ2v) is 5.17. The van der Waals surface area contributed by atoms with Crippen LogP contribution in [-0.4, -0.2) is 15.1 Å². The number of aromatic nitrogens is 3. The number of hydrogen-bond donors (Lipinski definition) is 1. The van der Waals surface area contributed by atoms with Gasteiger partial charge in [-0.3, -0.25) is 4.98 Å². The van der Waals surface area contributed by atoms with Crippen LogP contribution in [0, 0.1) is 0 Å². The largest absolute Gasteiger partial charge is 0.337 e. The minimum absolute atomic E-state index is 0.470. The Morgan fingerprint density at radius 1 is 1.14 bits per heavy atom. The molecule has 5 nitrogen and oxygen atoms in total. The van der Waals surface area contributed by atoms with Crippen molar-refractivity contribution in [3.63, 3.8) is 0 Å². The normalized spacial score (nSPS) is 12.0. The predicted octanol–water partition coefficient (Wildman–Crippen LogP) is 3.26. The molecule has 0 radical (unpaired) electrons. The first kappa shape index (κ1) is 13.7. The lowest BCUT2D eigenvalue weighted by Gasteiger charge is -2.20. The molecule has 0 bridgehead atoms. The van der Waals surface area contributed by atoms with Crippen LogP contribution in [0.15, 0.2) is 41.1 Å². The maximum absolute atomic E-state index is 6.31. The highest BCUT2D eigenvalue weighted by Crippen LogP contribution is 2.28. The number of fused-ring (bicyclic) bond motifs is 1. The van der Waals surface area contributed by atoms with E-state index >= 15 is 0 Å². The van der Waals surface area contributed by atoms with E-state index in [0.717, 1.165) is 29.3 Å². The fourth-order valence-corrected chi connectivity index (χ4v) is 2.37. The lowest BCUT2D eigenvalue weighted by atomic mass is 9.94. The molecule has 108 valence electrons. The molecule has 0 aliphatic rings. The van der Waals surface area contributed by atoms with E-state index in [-0.39, 0.29) is 0 Å². The van der Waals surface area contributed by atoms with E-state index in [1.165, 1.54) is 0 Å². The van der Waals surface area contributed by atoms with Crippen molar-refractivity contribution < 1.29 is 4.52 Å². The van der Waals surface area contributed by atoms with Crippen LogP contribution in [-0.2, 0) is 5.54 Å². The SMILES string of the molecule is CCC(N)(CC)c1nc(-c2nccc3ccccc23)no1. The van der Waals surface area contributed by atoms with E-state index in [2.05, 4.69) is 15.1 Å². The minimum atomic E-state index is -0.574. The van der Waals surface area contributed by atoms with Gasteiger partial charge in [0.1, 0.15) is 5.69 Å². The zero-order valence-corrected chi connectivity index (χ0v) is 12.2. The molecule has 3 aromatic rings. The Hall–Kier alpha value is -2.27. The third-order valence-electron chi connectivity index (χ3n) is 4.00. The second-order valence-electron chi connectivity index (χ2n) is 5.17. The monoisotopic (exact) mass is 282 g/mol. The first-order valence-electron chi connectivity index (χ1n) is 7.15. The van der Waals surface area contributed by atoms with Gasteiger partial charge < -0.3 is 10.3 Å². The zero-order chi connectivity index (χ0) is 14.9. The Bertz CT molecular complexity index is 756. The zero-order valence-electron chi connectivity index (χ0n) is 12.2. The van der Waals surface area contributed by atoms with E-state index in [0.29, 0.717) is 11.7 Å². The number of nitrogens with two attached hydrogens (primary N) is 1. The number of hydrogen-bond acceptors (Lipinski definition) is 5. The smallest absolute Gasteiger partial charge is 0.247 e. The Balaban J connectivity index is 2.11. The topological polar surface area (TPSA) is 77.8 Å². The molecule has 0 saturated carbocycles. The summed E-state index contributed by atoms with van der Waals surface area (Å²) in [6.07, 6.45) is 3.24. The highest BCUT2D eigenvalue weighted by atomic mass is 16.5. The average Bonchev–Trinajstić information content (AvgIpc) is 3.04. The van der Waals surface area contributed by atoms with Crippen LogP contribution in [0.3, 0.4) is 0 Å². The molecule has 2 heterocycles. The van der Waals surface area contributed by atoms with Crippen LogP contribution >= 0.6 is 0 Å². The minimum Gasteiger partial charge on any atom is -0.337 e. The summed E-state index contributed by atoms with van der Waals surface area (Å²) in [4.78, 5) is 8.88. The molecule has 0 unspecified atom stereocenters. The summed E-state index contributed by atoms with van der Waals surface area (Å²) in [5.41, 5.74) is 6.45. The van der Waals surface area contributed by atoms with E-state index in [1.807, 2.05) is 44.2 Å². The predicted molar refractivity (Wildman–Crippen MR) is 81.5 cm³/mol. The van der Waals surface area contributed by atoms with Gasteiger partial charge in [-0.15, -0.1) is 0 Å². The van der Waals surface area contributed by atoms with Crippen molar-refractivity contribution in [2.24, 2.45) is 5.73 Å². The first-order chi connectivity index (χ1) is 10.2. The van der Waals surface area contributed by atoms with E-state index < -0.39 is 5.54 Å². The number of pyridine rings is 1. The van der Waals surface area contributed by atoms with Gasteiger partial charge in [-0.2, -0.15) is 4.98 Å². The summed E-state index contributed by atoms with van der Waals surface area (Å²) in [6.45, 7) is 4.03. The van der Waals surface area contributed by atoms with Crippen LogP contribution in [0.2, 0.25) is 0 Å². The van der Waals surface area contributed by atoms with E-state index in [9.17, 15) is 0 Å². The standard InChI is InChI=1S/C16H18N4O/c1-3-16(17,4-2)15-19-14(20-21-15)13-12-8-6-5-7-11(12)9-10-18-13/h5-10H,3-4,17H2,1-2H3. The maximum atomic E-state index is 6.31. The highest BCUT2D eigenvalue weighted by Gasteiger charge is 2.30. The molecule has 3 rings (SSSR count). The third-order valence-corrected chi connectivity index (χ3v) is 4.00. The highest BCUT2D eigenvalue weighted by molar-refractivity contribution is 5.92. The molecule has 5 heteroatoms. The molecule has 2 N–H and O–H groups in total. The van der Waals surface area contributed by atoms with Crippen LogP contribution in [0.4, 0.5) is 0 Å². The number of rotatable bonds is 4. The van der Waals surface area contributed by atoms with Crippen molar-refractivity contribution in [3.8, 4) is 11.5 Å². The van der Waals surface area contributed by atoms with Gasteiger partial charge in [0.2, 0.25) is 11.7 Å². The Labute approximate surface area is 123 Å². The quantitative estimate of drug-likeness (QED) is 0.794. The average molecular weight is 282 g/mol. The molecule has 21 heavy (non-hydrogen) atoms. The van der Waals surface area contributed by atoms with Gasteiger partial charge in [-0.1, -0.05) is 43.3 Å². The Morgan fingerprint density at radius 3 is 2.67 bits per heavy atom. The molecule has 0 amide bonds. The van der Waals surface area contributed by atoms with Crippen LogP contribution in [0.1, 0.15) is 32.6 Å². The molecule has 2 aromatic heterocycles. The first-order valence-corrected chi connectivity index (χ1v) is 7.15. The number of nitrogens with zero attached hydrogens (tertiary/aromatic N) is 3. The Morgan fingerprint density at radius 2 is 1.90 bits per heavy atom. The van der Waals surface area contributed by atoms with Gasteiger partial charge >= 0.3 is 0 Å². The molecule has 0 fully saturated rings. The summed E-state index contributed by atoms with van der Waals surface area (Å²) in [6, 6.07) is 9.97. The molecule has 0 spiro atoms. The molecule has 0 atom stereocenters. The lowest BCUT2D eigenvalue weighted by molar-refractivity contribution is 0.268. The summed E-state index contributed by atoms with van der Waals surface area (Å²) < 4.78 is 5.39. The molecule has 0 aliphatic heterocycles. The van der Waals surface area contributed by atoms with Gasteiger partial charge in [-0.05, 0) is 24.3 Å². The van der Waals surface area contributed by atoms with Crippen LogP contribution in [0.5, 0.6) is 0 Å². The molecule has 1 aromatic carbocycles. The second kappa shape index (κ2) is 5.26. The van der Waals surface area contributed by atoms with Crippen molar-refractivity contribution >= 4 is 10.8 Å². The summed E-state index contributed by atoms with van der Waals surface area (Å²) in [7, 11) is 0. The molecular weight excluding hydrogens is 264 g/mol. The summed E-state index contributed by atoms with van der Waals surface area (Å²) in [5.74, 6) is 0.954. The molecular formula is C16H18N4O. The van der Waals surface area contributed by atoms with E-state index in [4.69, 9.17) is 10.3 Å². The fraction of sp³-hybridized carbons (Fsp3) is 0.312. The number of benzene rings is 1. The Kier molecular flexibility index (Phi) is 3.43. The van der Waals surface area contributed by atoms with E-state index in [1.54, 1.807) is 6.20 Å². The fourth-order valence-electron chi connectivity index (χ4n) is 2.37. The van der Waals surface area contributed by atoms with Gasteiger partial charge in [0.25, 0.3) is 0 Å². The summed E-state index contributed by atoms with van der Waals surface area (Å²) >= 11 is 0.